The molecule has 1 fully saturated rings. The van der Waals surface area contributed by atoms with Crippen molar-refractivity contribution >= 4 is 16.2 Å². The van der Waals surface area contributed by atoms with Gasteiger partial charge in [0.2, 0.25) is 0 Å². The molecule has 2 N–H and O–H groups in total. The van der Waals surface area contributed by atoms with Gasteiger partial charge in [0.1, 0.15) is 0 Å². The second-order valence-corrected chi connectivity index (χ2v) is 8.71. The van der Waals surface area contributed by atoms with E-state index in [1.807, 2.05) is 20.8 Å². The Balaban J connectivity index is 2.82. The molecule has 124 valence electrons. The second-order valence-electron chi connectivity index (χ2n) is 6.95. The van der Waals surface area contributed by atoms with Crippen molar-refractivity contribution in [1.29, 1.82) is 0 Å². The summed E-state index contributed by atoms with van der Waals surface area (Å²) in [6, 6.07) is -0.618. The van der Waals surface area contributed by atoms with Crippen LogP contribution in [0.1, 0.15) is 59.3 Å². The number of aliphatic carboxylic acids is 1. The lowest BCUT2D eigenvalue weighted by atomic mass is 9.85. The first-order chi connectivity index (χ1) is 9.54. The van der Waals surface area contributed by atoms with Crippen molar-refractivity contribution < 1.29 is 18.3 Å². The lowest BCUT2D eigenvalue weighted by Gasteiger charge is -2.35. The van der Waals surface area contributed by atoms with Gasteiger partial charge in [0.05, 0.1) is 6.42 Å². The van der Waals surface area contributed by atoms with Crippen LogP contribution < -0.4 is 4.72 Å². The fraction of sp³-hybridized carbons (Fsp3) is 0.929. The zero-order valence-electron chi connectivity index (χ0n) is 13.4. The molecule has 0 saturated heterocycles. The minimum atomic E-state index is -3.67. The largest absolute Gasteiger partial charge is 0.481 e. The van der Waals surface area contributed by atoms with Crippen LogP contribution in [-0.4, -0.2) is 42.9 Å². The van der Waals surface area contributed by atoms with E-state index in [2.05, 4.69) is 4.72 Å². The monoisotopic (exact) mass is 320 g/mol. The summed E-state index contributed by atoms with van der Waals surface area (Å²) >= 11 is 0. The quantitative estimate of drug-likeness (QED) is 0.783. The molecule has 0 aliphatic heterocycles. The highest BCUT2D eigenvalue weighted by atomic mass is 32.2. The van der Waals surface area contributed by atoms with E-state index in [9.17, 15) is 13.2 Å². The van der Waals surface area contributed by atoms with E-state index in [1.165, 1.54) is 4.31 Å². The molecule has 0 aromatic heterocycles. The van der Waals surface area contributed by atoms with Crippen molar-refractivity contribution in [3.05, 3.63) is 0 Å². The summed E-state index contributed by atoms with van der Waals surface area (Å²) in [5, 5.41) is 8.98. The molecule has 7 heteroatoms. The van der Waals surface area contributed by atoms with Gasteiger partial charge in [-0.25, -0.2) is 0 Å². The summed E-state index contributed by atoms with van der Waals surface area (Å²) in [6.45, 7) is 5.51. The van der Waals surface area contributed by atoms with E-state index in [0.29, 0.717) is 0 Å². The molecule has 1 aliphatic rings. The Kier molecular flexibility index (Phi) is 6.19. The number of hydrogen-bond acceptors (Lipinski definition) is 3. The third-order valence-corrected chi connectivity index (χ3v) is 5.82. The Morgan fingerprint density at radius 2 is 1.81 bits per heavy atom. The first-order valence-corrected chi connectivity index (χ1v) is 8.95. The van der Waals surface area contributed by atoms with Gasteiger partial charge in [0.25, 0.3) is 10.2 Å². The van der Waals surface area contributed by atoms with Gasteiger partial charge >= 0.3 is 5.97 Å². The molecule has 0 heterocycles. The Morgan fingerprint density at radius 3 is 2.24 bits per heavy atom. The zero-order chi connectivity index (χ0) is 16.3. The first kappa shape index (κ1) is 18.4. The molecule has 0 spiro atoms. The number of carbonyl (C=O) groups is 1. The van der Waals surface area contributed by atoms with E-state index < -0.39 is 27.6 Å². The maximum absolute atomic E-state index is 12.5. The van der Waals surface area contributed by atoms with E-state index >= 15 is 0 Å². The summed E-state index contributed by atoms with van der Waals surface area (Å²) in [6.07, 6.45) is 4.76. The smallest absolute Gasteiger partial charge is 0.304 e. The molecular weight excluding hydrogens is 292 g/mol. The standard InChI is InChI=1S/C14H28N2O4S/c1-14(2,3)12(10-13(17)18)15-21(19,20)16(4)11-8-6-5-7-9-11/h11-12,15H,5-10H2,1-4H3,(H,17,18). The Morgan fingerprint density at radius 1 is 1.29 bits per heavy atom. The average molecular weight is 320 g/mol. The van der Waals surface area contributed by atoms with Gasteiger partial charge < -0.3 is 5.11 Å². The number of rotatable bonds is 6. The summed E-state index contributed by atoms with van der Waals surface area (Å²) in [5.41, 5.74) is -0.459. The fourth-order valence-corrected chi connectivity index (χ4v) is 4.17. The van der Waals surface area contributed by atoms with Crippen molar-refractivity contribution in [1.82, 2.24) is 9.03 Å². The maximum atomic E-state index is 12.5. The predicted octanol–water partition coefficient (Wildman–Crippen LogP) is 1.97. The van der Waals surface area contributed by atoms with Gasteiger partial charge in [-0.15, -0.1) is 0 Å². The van der Waals surface area contributed by atoms with E-state index in [-0.39, 0.29) is 12.5 Å². The molecule has 0 aromatic rings. The highest BCUT2D eigenvalue weighted by Crippen LogP contribution is 2.26. The van der Waals surface area contributed by atoms with Crippen molar-refractivity contribution in [2.75, 3.05) is 7.05 Å². The first-order valence-electron chi connectivity index (χ1n) is 7.51. The summed E-state index contributed by atoms with van der Waals surface area (Å²) in [7, 11) is -2.09. The summed E-state index contributed by atoms with van der Waals surface area (Å²) in [5.74, 6) is -1.00. The van der Waals surface area contributed by atoms with Crippen molar-refractivity contribution in [2.45, 2.75) is 71.4 Å². The van der Waals surface area contributed by atoms with Crippen LogP contribution in [0, 0.1) is 5.41 Å². The molecule has 1 aliphatic carbocycles. The molecule has 6 nitrogen and oxygen atoms in total. The summed E-state index contributed by atoms with van der Waals surface area (Å²) < 4.78 is 28.9. The van der Waals surface area contributed by atoms with Crippen molar-refractivity contribution in [3.63, 3.8) is 0 Å². The van der Waals surface area contributed by atoms with Crippen molar-refractivity contribution in [2.24, 2.45) is 5.41 Å². The fourth-order valence-electron chi connectivity index (χ4n) is 2.60. The zero-order valence-corrected chi connectivity index (χ0v) is 14.2. The van der Waals surface area contributed by atoms with Crippen molar-refractivity contribution in [3.8, 4) is 0 Å². The molecular formula is C14H28N2O4S. The van der Waals surface area contributed by atoms with E-state index in [1.54, 1.807) is 7.05 Å². The molecule has 1 unspecified atom stereocenters. The van der Waals surface area contributed by atoms with Crippen LogP contribution in [0.15, 0.2) is 0 Å². The van der Waals surface area contributed by atoms with Crippen LogP contribution in [0.5, 0.6) is 0 Å². The van der Waals surface area contributed by atoms with Crippen LogP contribution in [0.4, 0.5) is 0 Å². The van der Waals surface area contributed by atoms with Gasteiger partial charge in [-0.3, -0.25) is 4.79 Å². The topological polar surface area (TPSA) is 86.7 Å². The minimum Gasteiger partial charge on any atom is -0.481 e. The normalized spacial score (nSPS) is 19.7. The Labute approximate surface area is 128 Å². The molecule has 21 heavy (non-hydrogen) atoms. The minimum absolute atomic E-state index is 0.0155. The van der Waals surface area contributed by atoms with Crippen LogP contribution in [0.25, 0.3) is 0 Å². The van der Waals surface area contributed by atoms with Gasteiger partial charge in [0.15, 0.2) is 0 Å². The third-order valence-electron chi connectivity index (χ3n) is 4.18. The van der Waals surface area contributed by atoms with Crippen LogP contribution >= 0.6 is 0 Å². The van der Waals surface area contributed by atoms with Gasteiger partial charge in [0, 0.05) is 19.1 Å². The molecule has 0 aromatic carbocycles. The molecule has 1 atom stereocenters. The molecule has 0 radical (unpaired) electrons. The molecule has 0 amide bonds. The van der Waals surface area contributed by atoms with Crippen LogP contribution in [0.3, 0.4) is 0 Å². The Bertz CT molecular complexity index is 450. The van der Waals surface area contributed by atoms with Gasteiger partial charge in [-0.1, -0.05) is 40.0 Å². The number of hydrogen-bond donors (Lipinski definition) is 2. The molecule has 0 bridgehead atoms. The van der Waals surface area contributed by atoms with Crippen LogP contribution in [0.2, 0.25) is 0 Å². The lowest BCUT2D eigenvalue weighted by molar-refractivity contribution is -0.138. The van der Waals surface area contributed by atoms with Crippen LogP contribution in [-0.2, 0) is 15.0 Å². The highest BCUT2D eigenvalue weighted by Gasteiger charge is 2.34. The third kappa shape index (κ3) is 5.56. The summed E-state index contributed by atoms with van der Waals surface area (Å²) in [4.78, 5) is 11.0. The average Bonchev–Trinajstić information content (AvgIpc) is 2.36. The predicted molar refractivity (Wildman–Crippen MR) is 82.2 cm³/mol. The Hall–Kier alpha value is -0.660. The highest BCUT2D eigenvalue weighted by molar-refractivity contribution is 7.87. The van der Waals surface area contributed by atoms with E-state index in [4.69, 9.17) is 5.11 Å². The van der Waals surface area contributed by atoms with E-state index in [0.717, 1.165) is 32.1 Å². The number of nitrogens with zero attached hydrogens (tertiary/aromatic N) is 1. The number of carboxylic acid groups (broad SMARTS) is 1. The van der Waals surface area contributed by atoms with Gasteiger partial charge in [-0.05, 0) is 18.3 Å². The SMILES string of the molecule is CN(C1CCCCC1)S(=O)(=O)NC(CC(=O)O)C(C)(C)C. The van der Waals surface area contributed by atoms with Gasteiger partial charge in [-0.2, -0.15) is 17.4 Å². The number of nitrogens with one attached hydrogen (secondary N) is 1. The molecule has 1 rings (SSSR count). The second kappa shape index (κ2) is 7.07. The lowest BCUT2D eigenvalue weighted by Crippen LogP contribution is -2.52. The molecule has 1 saturated carbocycles. The maximum Gasteiger partial charge on any atom is 0.304 e. The number of carboxylic acids is 1.